The third kappa shape index (κ3) is 4.58. The van der Waals surface area contributed by atoms with Crippen LogP contribution < -0.4 is 5.32 Å². The van der Waals surface area contributed by atoms with Crippen molar-refractivity contribution < 1.29 is 14.0 Å². The second-order valence-electron chi connectivity index (χ2n) is 5.49. The van der Waals surface area contributed by atoms with Gasteiger partial charge in [0.25, 0.3) is 5.91 Å². The van der Waals surface area contributed by atoms with Gasteiger partial charge >= 0.3 is 6.03 Å². The fourth-order valence-corrected chi connectivity index (χ4v) is 2.66. The van der Waals surface area contributed by atoms with Crippen LogP contribution in [0.25, 0.3) is 0 Å². The van der Waals surface area contributed by atoms with E-state index in [2.05, 4.69) is 5.32 Å². The Kier molecular flexibility index (Phi) is 6.21. The zero-order chi connectivity index (χ0) is 16.8. The normalized spacial score (nSPS) is 15.3. The van der Waals surface area contributed by atoms with Crippen molar-refractivity contribution in [3.8, 4) is 0 Å². The number of benzene rings is 1. The number of carbonyl (C=O) groups is 2. The molecule has 1 saturated heterocycles. The molecule has 1 aromatic carbocycles. The zero-order valence-electron chi connectivity index (χ0n) is 13.1. The molecule has 0 bridgehead atoms. The highest BCUT2D eigenvalue weighted by molar-refractivity contribution is 6.30. The van der Waals surface area contributed by atoms with Crippen LogP contribution in [0.2, 0.25) is 5.02 Å². The van der Waals surface area contributed by atoms with Gasteiger partial charge in [0.2, 0.25) is 0 Å². The first-order valence-corrected chi connectivity index (χ1v) is 8.17. The van der Waals surface area contributed by atoms with Crippen LogP contribution in [0.15, 0.2) is 18.2 Å². The van der Waals surface area contributed by atoms with Crippen molar-refractivity contribution in [2.75, 3.05) is 32.7 Å². The van der Waals surface area contributed by atoms with Gasteiger partial charge in [0, 0.05) is 37.7 Å². The van der Waals surface area contributed by atoms with E-state index in [1.54, 1.807) is 9.80 Å². The second-order valence-corrected chi connectivity index (χ2v) is 5.93. The van der Waals surface area contributed by atoms with Crippen molar-refractivity contribution >= 4 is 23.5 Å². The summed E-state index contributed by atoms with van der Waals surface area (Å²) in [4.78, 5) is 27.7. The molecule has 2 rings (SSSR count). The van der Waals surface area contributed by atoms with Gasteiger partial charge in [0.1, 0.15) is 5.82 Å². The number of urea groups is 1. The number of rotatable bonds is 3. The minimum atomic E-state index is -0.621. The molecule has 1 heterocycles. The van der Waals surface area contributed by atoms with Gasteiger partial charge in [0.05, 0.1) is 5.56 Å². The molecule has 1 N–H and O–H groups in total. The highest BCUT2D eigenvalue weighted by Crippen LogP contribution is 2.17. The van der Waals surface area contributed by atoms with Crippen LogP contribution in [0.4, 0.5) is 9.18 Å². The van der Waals surface area contributed by atoms with Crippen molar-refractivity contribution in [1.29, 1.82) is 0 Å². The SMILES string of the molecule is CCCNC(=O)N1CCCN(C(=O)c2ccc(Cl)cc2F)CC1. The average Bonchev–Trinajstić information content (AvgIpc) is 2.78. The summed E-state index contributed by atoms with van der Waals surface area (Å²) in [5.41, 5.74) is 0.0123. The van der Waals surface area contributed by atoms with Crippen molar-refractivity contribution in [3.63, 3.8) is 0 Å². The van der Waals surface area contributed by atoms with Gasteiger partial charge in [-0.3, -0.25) is 4.79 Å². The van der Waals surface area contributed by atoms with Gasteiger partial charge in [0.15, 0.2) is 0 Å². The van der Waals surface area contributed by atoms with Crippen LogP contribution in [0.3, 0.4) is 0 Å². The molecule has 1 fully saturated rings. The Hall–Kier alpha value is -1.82. The van der Waals surface area contributed by atoms with E-state index >= 15 is 0 Å². The Balaban J connectivity index is 1.99. The molecule has 1 aliphatic heterocycles. The standard InChI is InChI=1S/C16H21ClFN3O2/c1-2-6-19-16(23)21-8-3-7-20(9-10-21)15(22)13-5-4-12(17)11-14(13)18/h4-5,11H,2-3,6-10H2,1H3,(H,19,23). The summed E-state index contributed by atoms with van der Waals surface area (Å²) < 4.78 is 13.9. The Morgan fingerprint density at radius 1 is 1.22 bits per heavy atom. The van der Waals surface area contributed by atoms with E-state index in [-0.39, 0.29) is 22.5 Å². The van der Waals surface area contributed by atoms with E-state index in [4.69, 9.17) is 11.6 Å². The van der Waals surface area contributed by atoms with E-state index in [0.717, 1.165) is 12.5 Å². The van der Waals surface area contributed by atoms with Gasteiger partial charge in [-0.15, -0.1) is 0 Å². The number of carbonyl (C=O) groups excluding carboxylic acids is 2. The first-order chi connectivity index (χ1) is 11.0. The van der Waals surface area contributed by atoms with Crippen molar-refractivity contribution in [3.05, 3.63) is 34.6 Å². The van der Waals surface area contributed by atoms with Crippen LogP contribution in [0, 0.1) is 5.82 Å². The van der Waals surface area contributed by atoms with Crippen LogP contribution in [0.1, 0.15) is 30.1 Å². The van der Waals surface area contributed by atoms with E-state index < -0.39 is 5.82 Å². The summed E-state index contributed by atoms with van der Waals surface area (Å²) in [6, 6.07) is 3.92. The monoisotopic (exact) mass is 341 g/mol. The predicted molar refractivity (Wildman–Crippen MR) is 87.2 cm³/mol. The molecule has 5 nitrogen and oxygen atoms in total. The number of hydrogen-bond donors (Lipinski definition) is 1. The van der Waals surface area contributed by atoms with Gasteiger partial charge in [-0.2, -0.15) is 0 Å². The molecule has 0 aromatic heterocycles. The Labute approximate surface area is 140 Å². The largest absolute Gasteiger partial charge is 0.338 e. The Morgan fingerprint density at radius 3 is 2.61 bits per heavy atom. The summed E-state index contributed by atoms with van der Waals surface area (Å²) in [6.07, 6.45) is 1.54. The number of nitrogens with zero attached hydrogens (tertiary/aromatic N) is 2. The molecule has 1 aliphatic rings. The molecular weight excluding hydrogens is 321 g/mol. The average molecular weight is 342 g/mol. The summed E-state index contributed by atoms with van der Waals surface area (Å²) in [5, 5.41) is 3.09. The molecule has 0 atom stereocenters. The molecule has 0 aliphatic carbocycles. The van der Waals surface area contributed by atoms with Gasteiger partial charge in [-0.1, -0.05) is 18.5 Å². The van der Waals surface area contributed by atoms with E-state index in [1.165, 1.54) is 12.1 Å². The fraction of sp³-hybridized carbons (Fsp3) is 0.500. The van der Waals surface area contributed by atoms with Crippen LogP contribution in [-0.2, 0) is 0 Å². The van der Waals surface area contributed by atoms with Crippen LogP contribution in [-0.4, -0.2) is 54.5 Å². The lowest BCUT2D eigenvalue weighted by atomic mass is 10.2. The molecule has 23 heavy (non-hydrogen) atoms. The number of amides is 3. The Bertz CT molecular complexity index is 582. The van der Waals surface area contributed by atoms with E-state index in [1.807, 2.05) is 6.92 Å². The molecular formula is C16H21ClFN3O2. The van der Waals surface area contributed by atoms with Crippen LogP contribution in [0.5, 0.6) is 0 Å². The zero-order valence-corrected chi connectivity index (χ0v) is 13.9. The maximum absolute atomic E-state index is 13.9. The molecule has 0 saturated carbocycles. The summed E-state index contributed by atoms with van der Waals surface area (Å²) in [5.74, 6) is -0.987. The highest BCUT2D eigenvalue weighted by atomic mass is 35.5. The van der Waals surface area contributed by atoms with Gasteiger partial charge in [-0.05, 0) is 31.0 Å². The lowest BCUT2D eigenvalue weighted by molar-refractivity contribution is 0.0757. The minimum Gasteiger partial charge on any atom is -0.338 e. The number of nitrogens with one attached hydrogen (secondary N) is 1. The summed E-state index contributed by atoms with van der Waals surface area (Å²) >= 11 is 5.71. The maximum Gasteiger partial charge on any atom is 0.317 e. The molecule has 126 valence electrons. The molecule has 0 spiro atoms. The summed E-state index contributed by atoms with van der Waals surface area (Å²) in [7, 11) is 0. The molecule has 0 radical (unpaired) electrons. The first-order valence-electron chi connectivity index (χ1n) is 7.80. The van der Waals surface area contributed by atoms with Gasteiger partial charge in [-0.25, -0.2) is 9.18 Å². The van der Waals surface area contributed by atoms with Crippen molar-refractivity contribution in [2.24, 2.45) is 0 Å². The minimum absolute atomic E-state index is 0.0123. The highest BCUT2D eigenvalue weighted by Gasteiger charge is 2.24. The molecule has 1 aromatic rings. The van der Waals surface area contributed by atoms with E-state index in [0.29, 0.717) is 39.1 Å². The maximum atomic E-state index is 13.9. The molecule has 0 unspecified atom stereocenters. The fourth-order valence-electron chi connectivity index (χ4n) is 2.50. The Morgan fingerprint density at radius 2 is 1.91 bits per heavy atom. The third-order valence-electron chi connectivity index (χ3n) is 3.76. The first kappa shape index (κ1) is 17.5. The molecule has 3 amide bonds. The third-order valence-corrected chi connectivity index (χ3v) is 3.99. The lowest BCUT2D eigenvalue weighted by Crippen LogP contribution is -2.42. The van der Waals surface area contributed by atoms with Crippen molar-refractivity contribution in [1.82, 2.24) is 15.1 Å². The molecule has 7 heteroatoms. The van der Waals surface area contributed by atoms with Crippen LogP contribution >= 0.6 is 11.6 Å². The lowest BCUT2D eigenvalue weighted by Gasteiger charge is -2.22. The second kappa shape index (κ2) is 8.15. The van der Waals surface area contributed by atoms with Crippen molar-refractivity contribution in [2.45, 2.75) is 19.8 Å². The van der Waals surface area contributed by atoms with Gasteiger partial charge < -0.3 is 15.1 Å². The quantitative estimate of drug-likeness (QED) is 0.919. The predicted octanol–water partition coefficient (Wildman–Crippen LogP) is 2.75. The smallest absolute Gasteiger partial charge is 0.317 e. The summed E-state index contributed by atoms with van der Waals surface area (Å²) in [6.45, 7) is 4.54. The van der Waals surface area contributed by atoms with E-state index in [9.17, 15) is 14.0 Å². The topological polar surface area (TPSA) is 52.7 Å². The number of hydrogen-bond acceptors (Lipinski definition) is 2. The number of halogens is 2.